The summed E-state index contributed by atoms with van der Waals surface area (Å²) in [6.07, 6.45) is 3.06. The number of furan rings is 1. The van der Waals surface area contributed by atoms with Crippen molar-refractivity contribution in [3.8, 4) is 0 Å². The van der Waals surface area contributed by atoms with E-state index in [1.807, 2.05) is 0 Å². The van der Waals surface area contributed by atoms with Gasteiger partial charge in [-0.1, -0.05) is 34.4 Å². The first-order valence-corrected chi connectivity index (χ1v) is 5.64. The van der Waals surface area contributed by atoms with Crippen molar-refractivity contribution >= 4 is 29.4 Å². The van der Waals surface area contributed by atoms with Gasteiger partial charge in [0.05, 0.1) is 6.26 Å². The molecule has 0 fully saturated rings. The Labute approximate surface area is 109 Å². The van der Waals surface area contributed by atoms with Crippen LogP contribution in [0.3, 0.4) is 0 Å². The molecule has 1 heterocycles. The first kappa shape index (κ1) is 12.0. The predicted molar refractivity (Wildman–Crippen MR) is 67.6 cm³/mol. The van der Waals surface area contributed by atoms with E-state index >= 15 is 0 Å². The van der Waals surface area contributed by atoms with Crippen LogP contribution in [0.1, 0.15) is 11.3 Å². The first-order valence-electron chi connectivity index (χ1n) is 4.88. The quantitative estimate of drug-likeness (QED) is 0.618. The number of nitrogens with zero attached hydrogens (tertiary/aromatic N) is 1. The maximum atomic E-state index is 5.97. The number of hydrogen-bond acceptors (Lipinski definition) is 3. The molecule has 0 aliphatic carbocycles. The molecule has 0 unspecified atom stereocenters. The van der Waals surface area contributed by atoms with E-state index in [0.717, 1.165) is 5.56 Å². The molecule has 0 aliphatic heterocycles. The SMILES string of the molecule is Clc1ccc(CO/N=C\c2ccco2)c(Cl)c1. The van der Waals surface area contributed by atoms with Gasteiger partial charge < -0.3 is 9.25 Å². The van der Waals surface area contributed by atoms with Gasteiger partial charge in [0.1, 0.15) is 18.6 Å². The number of oxime groups is 1. The molecular formula is C12H9Cl2NO2. The molecule has 0 radical (unpaired) electrons. The predicted octanol–water partition coefficient (Wildman–Crippen LogP) is 4.14. The number of hydrogen-bond donors (Lipinski definition) is 0. The van der Waals surface area contributed by atoms with Gasteiger partial charge in [0, 0.05) is 15.6 Å². The number of benzene rings is 1. The molecular weight excluding hydrogens is 261 g/mol. The van der Waals surface area contributed by atoms with Crippen molar-refractivity contribution in [1.29, 1.82) is 0 Å². The summed E-state index contributed by atoms with van der Waals surface area (Å²) in [6.45, 7) is 0.285. The summed E-state index contributed by atoms with van der Waals surface area (Å²) in [6, 6.07) is 8.77. The molecule has 0 saturated carbocycles. The van der Waals surface area contributed by atoms with Crippen LogP contribution in [0.4, 0.5) is 0 Å². The second-order valence-corrected chi connectivity index (χ2v) is 4.10. The van der Waals surface area contributed by atoms with Crippen molar-refractivity contribution in [2.45, 2.75) is 6.61 Å². The van der Waals surface area contributed by atoms with Gasteiger partial charge in [0.15, 0.2) is 0 Å². The van der Waals surface area contributed by atoms with Gasteiger partial charge in [-0.25, -0.2) is 0 Å². The molecule has 0 bridgehead atoms. The summed E-state index contributed by atoms with van der Waals surface area (Å²) in [5, 5.41) is 4.92. The fraction of sp³-hybridized carbons (Fsp3) is 0.0833. The standard InChI is InChI=1S/C12H9Cl2NO2/c13-10-4-3-9(12(14)6-10)8-17-15-7-11-2-1-5-16-11/h1-7H,8H2/b15-7-. The lowest BCUT2D eigenvalue weighted by molar-refractivity contribution is 0.132. The fourth-order valence-electron chi connectivity index (χ4n) is 1.20. The summed E-state index contributed by atoms with van der Waals surface area (Å²) in [4.78, 5) is 5.10. The maximum Gasteiger partial charge on any atom is 0.148 e. The van der Waals surface area contributed by atoms with Gasteiger partial charge in [0.25, 0.3) is 0 Å². The van der Waals surface area contributed by atoms with E-state index in [0.29, 0.717) is 15.8 Å². The summed E-state index contributed by atoms with van der Waals surface area (Å²) in [5.41, 5.74) is 0.827. The molecule has 2 rings (SSSR count). The van der Waals surface area contributed by atoms with Crippen LogP contribution in [-0.2, 0) is 11.4 Å². The third-order valence-electron chi connectivity index (χ3n) is 2.03. The van der Waals surface area contributed by atoms with Crippen LogP contribution >= 0.6 is 23.2 Å². The van der Waals surface area contributed by atoms with E-state index in [1.54, 1.807) is 36.6 Å². The zero-order chi connectivity index (χ0) is 12.1. The van der Waals surface area contributed by atoms with Crippen molar-refractivity contribution in [3.05, 3.63) is 58.0 Å². The summed E-state index contributed by atoms with van der Waals surface area (Å²) in [7, 11) is 0. The lowest BCUT2D eigenvalue weighted by atomic mass is 10.2. The molecule has 0 aliphatic rings. The summed E-state index contributed by atoms with van der Waals surface area (Å²) >= 11 is 11.8. The zero-order valence-electron chi connectivity index (χ0n) is 8.77. The van der Waals surface area contributed by atoms with Crippen molar-refractivity contribution in [2.75, 3.05) is 0 Å². The number of rotatable bonds is 4. The molecule has 1 aromatic heterocycles. The maximum absolute atomic E-state index is 5.97. The Morgan fingerprint density at radius 3 is 2.88 bits per heavy atom. The fourth-order valence-corrected chi connectivity index (χ4v) is 1.66. The second kappa shape index (κ2) is 5.75. The van der Waals surface area contributed by atoms with E-state index in [-0.39, 0.29) is 6.61 Å². The van der Waals surface area contributed by atoms with Crippen LogP contribution in [0, 0.1) is 0 Å². The van der Waals surface area contributed by atoms with Crippen LogP contribution in [0.25, 0.3) is 0 Å². The Kier molecular flexibility index (Phi) is 4.07. The Morgan fingerprint density at radius 2 is 2.18 bits per heavy atom. The summed E-state index contributed by atoms with van der Waals surface area (Å²) in [5.74, 6) is 0.632. The third kappa shape index (κ3) is 3.51. The van der Waals surface area contributed by atoms with E-state index in [2.05, 4.69) is 5.16 Å². The molecule has 5 heteroatoms. The average Bonchev–Trinajstić information content (AvgIpc) is 2.79. The minimum absolute atomic E-state index is 0.285. The molecule has 2 aromatic rings. The second-order valence-electron chi connectivity index (χ2n) is 3.26. The Bertz CT molecular complexity index is 509. The van der Waals surface area contributed by atoms with Crippen molar-refractivity contribution in [2.24, 2.45) is 5.16 Å². The van der Waals surface area contributed by atoms with Gasteiger partial charge in [0.2, 0.25) is 0 Å². The highest BCUT2D eigenvalue weighted by Gasteiger charge is 2.01. The number of halogens is 2. The third-order valence-corrected chi connectivity index (χ3v) is 2.62. The van der Waals surface area contributed by atoms with Crippen molar-refractivity contribution < 1.29 is 9.25 Å². The Balaban J connectivity index is 1.90. The normalized spacial score (nSPS) is 10.9. The molecule has 0 spiro atoms. The van der Waals surface area contributed by atoms with Crippen molar-refractivity contribution in [1.82, 2.24) is 0 Å². The van der Waals surface area contributed by atoms with E-state index in [1.165, 1.54) is 6.21 Å². The van der Waals surface area contributed by atoms with E-state index in [4.69, 9.17) is 32.5 Å². The average molecular weight is 270 g/mol. The van der Waals surface area contributed by atoms with Gasteiger partial charge in [-0.05, 0) is 24.3 Å². The lowest BCUT2D eigenvalue weighted by Gasteiger charge is -2.02. The minimum atomic E-state index is 0.285. The van der Waals surface area contributed by atoms with Crippen LogP contribution in [0.2, 0.25) is 10.0 Å². The van der Waals surface area contributed by atoms with Crippen LogP contribution in [-0.4, -0.2) is 6.21 Å². The van der Waals surface area contributed by atoms with E-state index < -0.39 is 0 Å². The zero-order valence-corrected chi connectivity index (χ0v) is 10.3. The van der Waals surface area contributed by atoms with Crippen LogP contribution in [0.5, 0.6) is 0 Å². The summed E-state index contributed by atoms with van der Waals surface area (Å²) < 4.78 is 5.05. The lowest BCUT2D eigenvalue weighted by Crippen LogP contribution is -1.89. The molecule has 1 aromatic carbocycles. The topological polar surface area (TPSA) is 34.7 Å². The van der Waals surface area contributed by atoms with Crippen LogP contribution < -0.4 is 0 Å². The molecule has 0 saturated heterocycles. The van der Waals surface area contributed by atoms with Crippen molar-refractivity contribution in [3.63, 3.8) is 0 Å². The Morgan fingerprint density at radius 1 is 1.29 bits per heavy atom. The van der Waals surface area contributed by atoms with Gasteiger partial charge in [-0.2, -0.15) is 0 Å². The highest BCUT2D eigenvalue weighted by Crippen LogP contribution is 2.21. The molecule has 17 heavy (non-hydrogen) atoms. The molecule has 0 amide bonds. The molecule has 0 N–H and O–H groups in total. The van der Waals surface area contributed by atoms with Gasteiger partial charge in [-0.15, -0.1) is 0 Å². The van der Waals surface area contributed by atoms with Crippen LogP contribution in [0.15, 0.2) is 46.2 Å². The monoisotopic (exact) mass is 269 g/mol. The minimum Gasteiger partial charge on any atom is -0.463 e. The highest BCUT2D eigenvalue weighted by atomic mass is 35.5. The smallest absolute Gasteiger partial charge is 0.148 e. The molecule has 3 nitrogen and oxygen atoms in total. The van der Waals surface area contributed by atoms with Gasteiger partial charge >= 0.3 is 0 Å². The Hall–Kier alpha value is -1.45. The first-order chi connectivity index (χ1) is 8.25. The molecule has 0 atom stereocenters. The van der Waals surface area contributed by atoms with E-state index in [9.17, 15) is 0 Å². The van der Waals surface area contributed by atoms with Gasteiger partial charge in [-0.3, -0.25) is 0 Å². The largest absolute Gasteiger partial charge is 0.463 e. The highest BCUT2D eigenvalue weighted by molar-refractivity contribution is 6.35. The molecule has 88 valence electrons.